The largest absolute Gasteiger partial charge is 0.494 e. The van der Waals surface area contributed by atoms with Gasteiger partial charge in [-0.05, 0) is 81.4 Å². The third kappa shape index (κ3) is 10.2. The van der Waals surface area contributed by atoms with Crippen LogP contribution in [-0.4, -0.2) is 50.7 Å². The Hall–Kier alpha value is -2.84. The van der Waals surface area contributed by atoms with Crippen molar-refractivity contribution in [1.29, 1.82) is 0 Å². The van der Waals surface area contributed by atoms with E-state index in [2.05, 4.69) is 58.0 Å². The minimum Gasteiger partial charge on any atom is -0.494 e. The summed E-state index contributed by atoms with van der Waals surface area (Å²) in [4.78, 5) is 29.2. The molecule has 0 aliphatic carbocycles. The van der Waals surface area contributed by atoms with Crippen LogP contribution in [0.4, 0.5) is 13.2 Å². The number of carbonyl (C=O) groups excluding carboxylic acids is 2. The number of nitrogens with zero attached hydrogens (tertiary/aromatic N) is 1. The summed E-state index contributed by atoms with van der Waals surface area (Å²) in [7, 11) is 0. The second kappa shape index (κ2) is 15.4. The Bertz CT molecular complexity index is 1020. The zero-order valence-corrected chi connectivity index (χ0v) is 25.9. The van der Waals surface area contributed by atoms with Crippen LogP contribution in [0.15, 0.2) is 35.3 Å². The Morgan fingerprint density at radius 2 is 1.44 bits per heavy atom. The van der Waals surface area contributed by atoms with E-state index in [1.54, 1.807) is 24.3 Å². The Morgan fingerprint density at radius 1 is 0.878 bits per heavy atom. The van der Waals surface area contributed by atoms with Gasteiger partial charge >= 0.3 is 18.1 Å². The lowest BCUT2D eigenvalue weighted by Gasteiger charge is -2.55. The van der Waals surface area contributed by atoms with Crippen LogP contribution in [0.25, 0.3) is 6.08 Å². The molecule has 0 saturated carbocycles. The molecule has 2 atom stereocenters. The van der Waals surface area contributed by atoms with Gasteiger partial charge in [-0.25, -0.2) is 4.79 Å². The quantitative estimate of drug-likeness (QED) is 0.0802. The van der Waals surface area contributed by atoms with Crippen molar-refractivity contribution in [3.05, 3.63) is 35.9 Å². The lowest BCUT2D eigenvalue weighted by atomic mass is 9.49. The van der Waals surface area contributed by atoms with Crippen LogP contribution in [0.2, 0.25) is 0 Å². The number of unbranched alkanes of at least 4 members (excludes halogenated alkanes) is 3. The van der Waals surface area contributed by atoms with Crippen molar-refractivity contribution in [2.75, 3.05) is 19.8 Å². The lowest BCUT2D eigenvalue weighted by molar-refractivity contribution is -0.182. The summed E-state index contributed by atoms with van der Waals surface area (Å²) in [5, 5.41) is 0. The number of aliphatic imine (C=N–C) groups is 1. The van der Waals surface area contributed by atoms with Crippen molar-refractivity contribution < 1.29 is 37.0 Å². The Kier molecular flexibility index (Phi) is 13.6. The van der Waals surface area contributed by atoms with Gasteiger partial charge in [0.2, 0.25) is 0 Å². The second-order valence-corrected chi connectivity index (χ2v) is 12.1. The molecule has 0 heterocycles. The number of hydrogen-bond donors (Lipinski definition) is 0. The van der Waals surface area contributed by atoms with Crippen molar-refractivity contribution in [1.82, 2.24) is 0 Å². The molecule has 0 amide bonds. The van der Waals surface area contributed by atoms with Gasteiger partial charge in [0, 0.05) is 11.5 Å². The number of hydrogen-bond acceptors (Lipinski definition) is 6. The highest BCUT2D eigenvalue weighted by atomic mass is 19.4. The minimum atomic E-state index is -4.55. The molecule has 0 bridgehead atoms. The number of alkyl halides is 3. The van der Waals surface area contributed by atoms with Crippen LogP contribution >= 0.6 is 0 Å². The van der Waals surface area contributed by atoms with E-state index in [1.165, 1.54) is 6.08 Å². The maximum atomic E-state index is 13.6. The first-order chi connectivity index (χ1) is 18.9. The number of esters is 2. The molecule has 0 N–H and O–H groups in total. The van der Waals surface area contributed by atoms with Gasteiger partial charge < -0.3 is 14.2 Å². The highest BCUT2D eigenvalue weighted by Gasteiger charge is 2.60. The first-order valence-electron chi connectivity index (χ1n) is 14.2. The molecule has 1 aromatic carbocycles. The Morgan fingerprint density at radius 3 is 1.95 bits per heavy atom. The van der Waals surface area contributed by atoms with E-state index in [-0.39, 0.29) is 23.3 Å². The van der Waals surface area contributed by atoms with Crippen molar-refractivity contribution in [3.8, 4) is 5.75 Å². The zero-order valence-electron chi connectivity index (χ0n) is 25.9. The summed E-state index contributed by atoms with van der Waals surface area (Å²) in [6.07, 6.45) is 1.16. The van der Waals surface area contributed by atoms with Gasteiger partial charge in [-0.2, -0.15) is 13.2 Å². The van der Waals surface area contributed by atoms with E-state index in [0.717, 1.165) is 31.8 Å². The fourth-order valence-electron chi connectivity index (χ4n) is 4.68. The van der Waals surface area contributed by atoms with Crippen LogP contribution in [0, 0.1) is 22.2 Å². The SMILES string of the molecule is C=NC(C)C(C)(C)C(C)(C(=O)OCCCCCCOc1ccc(/C=C/C(=O)OCC(F)(F)F)cc1)C(C)(C)C(C)C. The van der Waals surface area contributed by atoms with Gasteiger partial charge in [0.25, 0.3) is 0 Å². The van der Waals surface area contributed by atoms with Gasteiger partial charge in [0.05, 0.1) is 24.7 Å². The van der Waals surface area contributed by atoms with Crippen LogP contribution in [0.1, 0.15) is 86.6 Å². The molecule has 9 heteroatoms. The standard InChI is InChI=1S/C32H48F3NO5/c1-23(2)29(4,5)31(8,30(6,7)24(3)36-9)28(38)40-21-13-11-10-12-20-39-26-17-14-25(15-18-26)16-19-27(37)41-22-32(33,34)35/h14-19,23-24H,9-13,20-22H2,1-8H3/b19-16+. The van der Waals surface area contributed by atoms with Crippen molar-refractivity contribution in [2.24, 2.45) is 27.2 Å². The van der Waals surface area contributed by atoms with Crippen LogP contribution in [0.3, 0.4) is 0 Å². The molecule has 232 valence electrons. The van der Waals surface area contributed by atoms with E-state index in [1.807, 2.05) is 13.8 Å². The molecule has 1 rings (SSSR count). The van der Waals surface area contributed by atoms with Crippen LogP contribution in [-0.2, 0) is 19.1 Å². The maximum absolute atomic E-state index is 13.6. The highest BCUT2D eigenvalue weighted by Crippen LogP contribution is 2.57. The number of halogens is 3. The monoisotopic (exact) mass is 583 g/mol. The first kappa shape index (κ1) is 36.2. The minimum absolute atomic E-state index is 0.124. The van der Waals surface area contributed by atoms with Gasteiger partial charge in [-0.15, -0.1) is 0 Å². The maximum Gasteiger partial charge on any atom is 0.422 e. The molecule has 2 unspecified atom stereocenters. The number of carbonyl (C=O) groups is 2. The van der Waals surface area contributed by atoms with E-state index in [4.69, 9.17) is 9.47 Å². The van der Waals surface area contributed by atoms with Crippen molar-refractivity contribution >= 4 is 24.7 Å². The molecule has 0 aliphatic heterocycles. The van der Waals surface area contributed by atoms with E-state index in [0.29, 0.717) is 24.5 Å². The fourth-order valence-corrected chi connectivity index (χ4v) is 4.68. The van der Waals surface area contributed by atoms with E-state index < -0.39 is 29.6 Å². The van der Waals surface area contributed by atoms with Gasteiger partial charge in [0.15, 0.2) is 6.61 Å². The molecule has 0 radical (unpaired) electrons. The molecule has 0 saturated heterocycles. The lowest BCUT2D eigenvalue weighted by Crippen LogP contribution is -2.58. The molecular formula is C32H48F3NO5. The summed E-state index contributed by atoms with van der Waals surface area (Å²) in [5.41, 5.74) is -0.943. The molecule has 0 aromatic heterocycles. The van der Waals surface area contributed by atoms with Crippen molar-refractivity contribution in [2.45, 2.75) is 93.3 Å². The third-order valence-electron chi connectivity index (χ3n) is 8.96. The van der Waals surface area contributed by atoms with E-state index in [9.17, 15) is 22.8 Å². The number of rotatable bonds is 17. The second-order valence-electron chi connectivity index (χ2n) is 12.1. The molecule has 0 fully saturated rings. The average molecular weight is 584 g/mol. The number of benzene rings is 1. The first-order valence-corrected chi connectivity index (χ1v) is 14.2. The van der Waals surface area contributed by atoms with Gasteiger partial charge in [-0.3, -0.25) is 9.79 Å². The van der Waals surface area contributed by atoms with Crippen molar-refractivity contribution in [3.63, 3.8) is 0 Å². The fraction of sp³-hybridized carbons (Fsp3) is 0.656. The van der Waals surface area contributed by atoms with Crippen LogP contribution in [0.5, 0.6) is 5.75 Å². The molecule has 6 nitrogen and oxygen atoms in total. The average Bonchev–Trinajstić information content (AvgIpc) is 2.90. The third-order valence-corrected chi connectivity index (χ3v) is 8.96. The molecule has 0 spiro atoms. The molecule has 1 aromatic rings. The zero-order chi connectivity index (χ0) is 31.5. The number of ether oxygens (including phenoxy) is 3. The predicted octanol–water partition coefficient (Wildman–Crippen LogP) is 8.09. The topological polar surface area (TPSA) is 74.2 Å². The van der Waals surface area contributed by atoms with E-state index >= 15 is 0 Å². The summed E-state index contributed by atoms with van der Waals surface area (Å²) < 4.78 is 52.0. The molecule has 0 aliphatic rings. The van der Waals surface area contributed by atoms with Crippen LogP contribution < -0.4 is 4.74 Å². The summed E-state index contributed by atoms with van der Waals surface area (Å²) in [5.74, 6) is -0.362. The Labute approximate surface area is 243 Å². The smallest absolute Gasteiger partial charge is 0.422 e. The molecular weight excluding hydrogens is 535 g/mol. The Balaban J connectivity index is 2.47. The summed E-state index contributed by atoms with van der Waals surface area (Å²) in [6.45, 7) is 19.6. The normalized spacial score (nSPS) is 14.9. The molecule has 41 heavy (non-hydrogen) atoms. The summed E-state index contributed by atoms with van der Waals surface area (Å²) >= 11 is 0. The highest BCUT2D eigenvalue weighted by molar-refractivity contribution is 5.87. The predicted molar refractivity (Wildman–Crippen MR) is 157 cm³/mol. The van der Waals surface area contributed by atoms with Gasteiger partial charge in [-0.1, -0.05) is 53.7 Å². The van der Waals surface area contributed by atoms with Gasteiger partial charge in [0.1, 0.15) is 5.75 Å². The summed E-state index contributed by atoms with van der Waals surface area (Å²) in [6, 6.07) is 6.71.